The number of nitrogens with one attached hydrogen (secondary N) is 1. The van der Waals surface area contributed by atoms with Crippen molar-refractivity contribution in [3.63, 3.8) is 0 Å². The van der Waals surface area contributed by atoms with Gasteiger partial charge in [0.25, 0.3) is 11.8 Å². The molecule has 2 heterocycles. The summed E-state index contributed by atoms with van der Waals surface area (Å²) in [5, 5.41) is 15.2. The fourth-order valence-electron chi connectivity index (χ4n) is 2.23. The molecule has 0 aliphatic heterocycles. The molecule has 0 atom stereocenters. The Balaban J connectivity index is 2.31. The van der Waals surface area contributed by atoms with E-state index in [1.807, 2.05) is 6.92 Å². The summed E-state index contributed by atoms with van der Waals surface area (Å²) in [6, 6.07) is 0. The second-order valence-electron chi connectivity index (χ2n) is 5.53. The van der Waals surface area contributed by atoms with E-state index in [9.17, 15) is 19.2 Å². The average Bonchev–Trinajstić information content (AvgIpc) is 3.17. The first-order chi connectivity index (χ1) is 12.7. The summed E-state index contributed by atoms with van der Waals surface area (Å²) in [4.78, 5) is 47.2. The van der Waals surface area contributed by atoms with Crippen molar-refractivity contribution in [1.29, 1.82) is 0 Å². The number of carboxylic acid groups (broad SMARTS) is 1. The predicted molar refractivity (Wildman–Crippen MR) is 96.0 cm³/mol. The molecule has 0 radical (unpaired) electrons. The first-order valence-electron chi connectivity index (χ1n) is 7.90. The summed E-state index contributed by atoms with van der Waals surface area (Å²) in [5.74, 6) is -3.12. The van der Waals surface area contributed by atoms with Gasteiger partial charge in [-0.2, -0.15) is 5.10 Å². The fourth-order valence-corrected chi connectivity index (χ4v) is 3.27. The summed E-state index contributed by atoms with van der Waals surface area (Å²) in [5.41, 5.74) is 5.81. The van der Waals surface area contributed by atoms with Crippen LogP contribution < -0.4 is 11.1 Å². The van der Waals surface area contributed by atoms with Crippen molar-refractivity contribution in [3.8, 4) is 0 Å². The smallest absolute Gasteiger partial charge is 0.341 e. The van der Waals surface area contributed by atoms with Crippen LogP contribution in [0.25, 0.3) is 0 Å². The van der Waals surface area contributed by atoms with E-state index in [1.165, 1.54) is 12.4 Å². The molecule has 27 heavy (non-hydrogen) atoms. The van der Waals surface area contributed by atoms with Crippen molar-refractivity contribution in [2.75, 3.05) is 11.9 Å². The van der Waals surface area contributed by atoms with E-state index in [4.69, 9.17) is 15.6 Å². The molecule has 0 aliphatic rings. The molecule has 0 saturated heterocycles. The lowest BCUT2D eigenvalue weighted by atomic mass is 10.1. The average molecular weight is 394 g/mol. The number of ether oxygens (including phenoxy) is 1. The molecule has 4 N–H and O–H groups in total. The molecule has 0 aliphatic carbocycles. The maximum Gasteiger partial charge on any atom is 0.341 e. The summed E-state index contributed by atoms with van der Waals surface area (Å²) in [6.45, 7) is 3.17. The zero-order valence-electron chi connectivity index (χ0n) is 14.6. The molecule has 0 saturated carbocycles. The molecule has 2 rings (SSSR count). The molecule has 0 bridgehead atoms. The minimum absolute atomic E-state index is 0.0635. The Morgan fingerprint density at radius 3 is 2.67 bits per heavy atom. The van der Waals surface area contributed by atoms with Crippen molar-refractivity contribution in [1.82, 2.24) is 9.78 Å². The lowest BCUT2D eigenvalue weighted by molar-refractivity contribution is -0.137. The monoisotopic (exact) mass is 394 g/mol. The number of rotatable bonds is 8. The molecule has 2 aromatic rings. The number of esters is 1. The Kier molecular flexibility index (Phi) is 6.29. The van der Waals surface area contributed by atoms with Crippen LogP contribution in [-0.4, -0.2) is 45.2 Å². The highest BCUT2D eigenvalue weighted by atomic mass is 32.1. The normalized spacial score (nSPS) is 10.4. The summed E-state index contributed by atoms with van der Waals surface area (Å²) >= 11 is 0.868. The van der Waals surface area contributed by atoms with Gasteiger partial charge >= 0.3 is 11.9 Å². The van der Waals surface area contributed by atoms with Gasteiger partial charge in [0.2, 0.25) is 0 Å². The minimum atomic E-state index is -1.11. The van der Waals surface area contributed by atoms with E-state index < -0.39 is 30.3 Å². The topological polar surface area (TPSA) is 154 Å². The first-order valence-corrected chi connectivity index (χ1v) is 8.72. The Bertz CT molecular complexity index is 901. The van der Waals surface area contributed by atoms with Gasteiger partial charge in [-0.05, 0) is 18.9 Å². The molecule has 2 amide bonds. The van der Waals surface area contributed by atoms with E-state index in [0.29, 0.717) is 12.0 Å². The van der Waals surface area contributed by atoms with Gasteiger partial charge in [0.15, 0.2) is 0 Å². The summed E-state index contributed by atoms with van der Waals surface area (Å²) in [6.07, 6.45) is 3.07. The van der Waals surface area contributed by atoms with Gasteiger partial charge < -0.3 is 20.9 Å². The van der Waals surface area contributed by atoms with Gasteiger partial charge in [0, 0.05) is 6.20 Å². The number of thiophene rings is 1. The van der Waals surface area contributed by atoms with E-state index >= 15 is 0 Å². The van der Waals surface area contributed by atoms with Crippen LogP contribution >= 0.6 is 11.3 Å². The number of hydrogen-bond donors (Lipinski definition) is 3. The number of aliphatic carboxylic acids is 1. The Labute approximate surface area is 157 Å². The van der Waals surface area contributed by atoms with Gasteiger partial charge in [-0.1, -0.05) is 6.92 Å². The van der Waals surface area contributed by atoms with E-state index in [1.54, 1.807) is 6.92 Å². The number of anilines is 1. The van der Waals surface area contributed by atoms with Gasteiger partial charge in [-0.25, -0.2) is 4.79 Å². The maximum absolute atomic E-state index is 12.4. The van der Waals surface area contributed by atoms with Crippen LogP contribution in [-0.2, 0) is 16.1 Å². The zero-order chi connectivity index (χ0) is 20.1. The summed E-state index contributed by atoms with van der Waals surface area (Å²) < 4.78 is 6.20. The first kappa shape index (κ1) is 20.1. The lowest BCUT2D eigenvalue weighted by Crippen LogP contribution is -2.15. The molecule has 11 heteroatoms. The lowest BCUT2D eigenvalue weighted by Gasteiger charge is -2.07. The molecular weight excluding hydrogens is 376 g/mol. The number of nitrogens with zero attached hydrogens (tertiary/aromatic N) is 2. The quantitative estimate of drug-likeness (QED) is 0.569. The minimum Gasteiger partial charge on any atom is -0.480 e. The fraction of sp³-hybridized carbons (Fsp3) is 0.312. The van der Waals surface area contributed by atoms with Crippen molar-refractivity contribution < 1.29 is 29.0 Å². The Morgan fingerprint density at radius 2 is 2.07 bits per heavy atom. The highest BCUT2D eigenvalue weighted by molar-refractivity contribution is 7.18. The number of carboxylic acids is 1. The number of nitrogens with two attached hydrogens (primary N) is 1. The second-order valence-corrected chi connectivity index (χ2v) is 6.56. The zero-order valence-corrected chi connectivity index (χ0v) is 15.5. The summed E-state index contributed by atoms with van der Waals surface area (Å²) in [7, 11) is 0. The second kappa shape index (κ2) is 8.45. The molecule has 0 unspecified atom stereocenters. The molecular formula is C16H18N4O6S. The molecule has 0 aromatic carbocycles. The van der Waals surface area contributed by atoms with Gasteiger partial charge in [-0.3, -0.25) is 19.1 Å². The van der Waals surface area contributed by atoms with Crippen LogP contribution in [0, 0.1) is 6.92 Å². The highest BCUT2D eigenvalue weighted by Crippen LogP contribution is 2.33. The third-order valence-corrected chi connectivity index (χ3v) is 4.65. The predicted octanol–water partition coefficient (Wildman–Crippen LogP) is 1.26. The van der Waals surface area contributed by atoms with E-state index in [-0.39, 0.29) is 27.6 Å². The van der Waals surface area contributed by atoms with Crippen LogP contribution in [0.15, 0.2) is 12.4 Å². The third-order valence-electron chi connectivity index (χ3n) is 3.43. The Morgan fingerprint density at radius 1 is 1.37 bits per heavy atom. The van der Waals surface area contributed by atoms with Crippen molar-refractivity contribution in [2.24, 2.45) is 5.73 Å². The highest BCUT2D eigenvalue weighted by Gasteiger charge is 2.26. The number of carbonyl (C=O) groups excluding carboxylic acids is 3. The molecule has 0 spiro atoms. The number of hydrogen-bond acceptors (Lipinski definition) is 7. The van der Waals surface area contributed by atoms with Crippen molar-refractivity contribution in [2.45, 2.75) is 26.8 Å². The Hall–Kier alpha value is -3.21. The van der Waals surface area contributed by atoms with Crippen LogP contribution in [0.4, 0.5) is 5.00 Å². The van der Waals surface area contributed by atoms with Crippen LogP contribution in [0.3, 0.4) is 0 Å². The molecule has 0 fully saturated rings. The number of carbonyl (C=O) groups is 4. The molecule has 144 valence electrons. The van der Waals surface area contributed by atoms with Crippen LogP contribution in [0.5, 0.6) is 0 Å². The molecule has 10 nitrogen and oxygen atoms in total. The maximum atomic E-state index is 12.4. The number of amides is 2. The number of primary amides is 1. The SMILES string of the molecule is CCCOC(=O)c1c(NC(=O)c2cnn(CC(=O)O)c2)sc(C(N)=O)c1C. The largest absolute Gasteiger partial charge is 0.480 e. The van der Waals surface area contributed by atoms with Crippen LogP contribution in [0.2, 0.25) is 0 Å². The van der Waals surface area contributed by atoms with Crippen molar-refractivity contribution >= 4 is 40.1 Å². The van der Waals surface area contributed by atoms with E-state index in [2.05, 4.69) is 10.4 Å². The van der Waals surface area contributed by atoms with Crippen molar-refractivity contribution in [3.05, 3.63) is 34.0 Å². The number of aromatic nitrogens is 2. The van der Waals surface area contributed by atoms with Gasteiger partial charge in [-0.15, -0.1) is 11.3 Å². The third kappa shape index (κ3) is 4.70. The standard InChI is InChI=1S/C16H18N4O6S/c1-3-4-26-16(25)11-8(2)12(13(17)23)27-15(11)19-14(24)9-5-18-20(6-9)7-10(21)22/h5-6H,3-4,7H2,1-2H3,(H2,17,23)(H,19,24)(H,21,22). The van der Waals surface area contributed by atoms with Gasteiger partial charge in [0.05, 0.1) is 28.8 Å². The van der Waals surface area contributed by atoms with Crippen LogP contribution in [0.1, 0.15) is 49.3 Å². The van der Waals surface area contributed by atoms with Gasteiger partial charge in [0.1, 0.15) is 11.5 Å². The van der Waals surface area contributed by atoms with E-state index in [0.717, 1.165) is 16.0 Å². The molecule has 2 aromatic heterocycles.